The van der Waals surface area contributed by atoms with Crippen LogP contribution in [-0.4, -0.2) is 58.0 Å². The summed E-state index contributed by atoms with van der Waals surface area (Å²) in [5.41, 5.74) is 0.884. The van der Waals surface area contributed by atoms with Gasteiger partial charge in [-0.25, -0.2) is 4.98 Å². The number of rotatable bonds is 5. The Labute approximate surface area is 157 Å². The molecule has 0 radical (unpaired) electrons. The van der Waals surface area contributed by atoms with Gasteiger partial charge in [0.25, 0.3) is 0 Å². The van der Waals surface area contributed by atoms with Crippen molar-refractivity contribution in [2.24, 2.45) is 5.92 Å². The highest BCUT2D eigenvalue weighted by Crippen LogP contribution is 2.20. The molecule has 8 heteroatoms. The van der Waals surface area contributed by atoms with Crippen LogP contribution in [-0.2, 0) is 19.2 Å². The number of imide groups is 1. The van der Waals surface area contributed by atoms with Crippen LogP contribution in [0.5, 0.6) is 0 Å². The summed E-state index contributed by atoms with van der Waals surface area (Å²) in [5.74, 6) is -0.451. The molecule has 3 rings (SSSR count). The number of hydrogen-bond acceptors (Lipinski definition) is 5. The van der Waals surface area contributed by atoms with Crippen molar-refractivity contribution in [3.8, 4) is 0 Å². The quantitative estimate of drug-likeness (QED) is 0.781. The van der Waals surface area contributed by atoms with Crippen molar-refractivity contribution in [2.75, 3.05) is 25.0 Å². The largest absolute Gasteiger partial charge is 0.342 e. The number of nitrogens with zero attached hydrogens (tertiary/aromatic N) is 3. The predicted molar refractivity (Wildman–Crippen MR) is 97.5 cm³/mol. The lowest BCUT2D eigenvalue weighted by atomic mass is 9.96. The summed E-state index contributed by atoms with van der Waals surface area (Å²) in [6.07, 6.45) is 3.64. The van der Waals surface area contributed by atoms with Crippen molar-refractivity contribution in [1.82, 2.24) is 14.8 Å². The number of piperidine rings is 1. The van der Waals surface area contributed by atoms with E-state index >= 15 is 0 Å². The highest BCUT2D eigenvalue weighted by Gasteiger charge is 2.31. The van der Waals surface area contributed by atoms with Crippen LogP contribution in [0, 0.1) is 12.8 Å². The molecule has 1 aromatic rings. The van der Waals surface area contributed by atoms with Crippen LogP contribution in [0.15, 0.2) is 18.3 Å². The highest BCUT2D eigenvalue weighted by molar-refractivity contribution is 6.02. The van der Waals surface area contributed by atoms with E-state index in [-0.39, 0.29) is 55.4 Å². The topological polar surface area (TPSA) is 99.7 Å². The summed E-state index contributed by atoms with van der Waals surface area (Å²) in [6, 6.07) is 3.68. The highest BCUT2D eigenvalue weighted by atomic mass is 16.2. The van der Waals surface area contributed by atoms with Crippen LogP contribution in [0.25, 0.3) is 0 Å². The number of pyridine rings is 1. The molecule has 3 heterocycles. The second-order valence-corrected chi connectivity index (χ2v) is 7.03. The second kappa shape index (κ2) is 8.28. The van der Waals surface area contributed by atoms with E-state index in [0.717, 1.165) is 16.9 Å². The lowest BCUT2D eigenvalue weighted by molar-refractivity contribution is -0.139. The maximum absolute atomic E-state index is 12.6. The molecular formula is C19H24N4O4. The number of likely N-dealkylation sites (tertiary alicyclic amines) is 2. The summed E-state index contributed by atoms with van der Waals surface area (Å²) >= 11 is 0. The number of carbonyl (C=O) groups excluding carboxylic acids is 4. The lowest BCUT2D eigenvalue weighted by Crippen LogP contribution is -2.45. The van der Waals surface area contributed by atoms with Crippen LogP contribution < -0.4 is 5.32 Å². The molecule has 1 aromatic heterocycles. The van der Waals surface area contributed by atoms with E-state index in [1.54, 1.807) is 11.1 Å². The Morgan fingerprint density at radius 1 is 1.26 bits per heavy atom. The van der Waals surface area contributed by atoms with Gasteiger partial charge in [0.05, 0.1) is 5.92 Å². The van der Waals surface area contributed by atoms with Gasteiger partial charge >= 0.3 is 0 Å². The third-order valence-corrected chi connectivity index (χ3v) is 5.10. The molecule has 1 unspecified atom stereocenters. The normalized spacial score (nSPS) is 20.1. The van der Waals surface area contributed by atoms with Crippen molar-refractivity contribution >= 4 is 29.4 Å². The predicted octanol–water partition coefficient (Wildman–Crippen LogP) is 1.11. The molecule has 8 nitrogen and oxygen atoms in total. The Hall–Kier alpha value is -2.77. The van der Waals surface area contributed by atoms with Gasteiger partial charge in [-0.2, -0.15) is 0 Å². The maximum atomic E-state index is 12.6. The summed E-state index contributed by atoms with van der Waals surface area (Å²) in [6.45, 7) is 2.93. The Bertz CT molecular complexity index is 748. The van der Waals surface area contributed by atoms with Gasteiger partial charge in [0.2, 0.25) is 23.6 Å². The molecular weight excluding hydrogens is 348 g/mol. The van der Waals surface area contributed by atoms with E-state index in [1.807, 2.05) is 19.1 Å². The molecule has 1 N–H and O–H groups in total. The molecule has 2 fully saturated rings. The molecule has 0 bridgehead atoms. The lowest BCUT2D eigenvalue weighted by Gasteiger charge is -2.32. The Morgan fingerprint density at radius 2 is 2.00 bits per heavy atom. The van der Waals surface area contributed by atoms with Crippen molar-refractivity contribution < 1.29 is 19.2 Å². The average molecular weight is 372 g/mol. The van der Waals surface area contributed by atoms with Crippen LogP contribution >= 0.6 is 0 Å². The molecule has 0 aromatic carbocycles. The van der Waals surface area contributed by atoms with E-state index in [4.69, 9.17) is 0 Å². The van der Waals surface area contributed by atoms with E-state index in [2.05, 4.69) is 10.3 Å². The van der Waals surface area contributed by atoms with Gasteiger partial charge in [-0.15, -0.1) is 0 Å². The first-order chi connectivity index (χ1) is 13.0. The number of aromatic nitrogens is 1. The molecule has 0 aliphatic carbocycles. The fourth-order valence-corrected chi connectivity index (χ4v) is 3.49. The first-order valence-corrected chi connectivity index (χ1v) is 9.29. The second-order valence-electron chi connectivity index (χ2n) is 7.03. The third-order valence-electron chi connectivity index (χ3n) is 5.10. The SMILES string of the molecule is Cc1cccnc1NC(=O)C1CCCN(C(=O)CCN2C(=O)CCC2=O)C1. The molecule has 2 saturated heterocycles. The fraction of sp³-hybridized carbons (Fsp3) is 0.526. The first-order valence-electron chi connectivity index (χ1n) is 9.29. The minimum absolute atomic E-state index is 0.102. The zero-order valence-corrected chi connectivity index (χ0v) is 15.4. The van der Waals surface area contributed by atoms with Crippen molar-refractivity contribution in [3.63, 3.8) is 0 Å². The van der Waals surface area contributed by atoms with Crippen LogP contribution in [0.4, 0.5) is 5.82 Å². The third kappa shape index (κ3) is 4.50. The Balaban J connectivity index is 1.53. The van der Waals surface area contributed by atoms with Crippen LogP contribution in [0.3, 0.4) is 0 Å². The molecule has 4 amide bonds. The molecule has 27 heavy (non-hydrogen) atoms. The van der Waals surface area contributed by atoms with Crippen molar-refractivity contribution in [1.29, 1.82) is 0 Å². The first kappa shape index (κ1) is 19.0. The number of anilines is 1. The molecule has 1 atom stereocenters. The summed E-state index contributed by atoms with van der Waals surface area (Å²) in [4.78, 5) is 55.3. The summed E-state index contributed by atoms with van der Waals surface area (Å²) in [5, 5.41) is 2.84. The number of nitrogens with one attached hydrogen (secondary N) is 1. The van der Waals surface area contributed by atoms with Crippen molar-refractivity contribution in [3.05, 3.63) is 23.9 Å². The van der Waals surface area contributed by atoms with Gasteiger partial charge in [-0.3, -0.25) is 24.1 Å². The molecule has 0 saturated carbocycles. The fourth-order valence-electron chi connectivity index (χ4n) is 3.49. The van der Waals surface area contributed by atoms with E-state index in [1.165, 1.54) is 0 Å². The smallest absolute Gasteiger partial charge is 0.230 e. The number of amides is 4. The monoisotopic (exact) mass is 372 g/mol. The zero-order valence-electron chi connectivity index (χ0n) is 15.4. The van der Waals surface area contributed by atoms with E-state index in [0.29, 0.717) is 25.3 Å². The molecule has 144 valence electrons. The van der Waals surface area contributed by atoms with Gasteiger partial charge in [-0.1, -0.05) is 6.07 Å². The molecule has 0 spiro atoms. The van der Waals surface area contributed by atoms with Crippen LogP contribution in [0.2, 0.25) is 0 Å². The van der Waals surface area contributed by atoms with Gasteiger partial charge in [0.1, 0.15) is 5.82 Å². The maximum Gasteiger partial charge on any atom is 0.230 e. The van der Waals surface area contributed by atoms with Crippen LogP contribution in [0.1, 0.15) is 37.7 Å². The molecule has 2 aliphatic rings. The van der Waals surface area contributed by atoms with E-state index < -0.39 is 0 Å². The summed E-state index contributed by atoms with van der Waals surface area (Å²) < 4.78 is 0. The van der Waals surface area contributed by atoms with E-state index in [9.17, 15) is 19.2 Å². The van der Waals surface area contributed by atoms with Crippen molar-refractivity contribution in [2.45, 2.75) is 39.0 Å². The minimum atomic E-state index is -0.292. The Kier molecular flexibility index (Phi) is 5.83. The van der Waals surface area contributed by atoms with Gasteiger partial charge < -0.3 is 10.2 Å². The van der Waals surface area contributed by atoms with Gasteiger partial charge in [-0.05, 0) is 31.4 Å². The summed E-state index contributed by atoms with van der Waals surface area (Å²) in [7, 11) is 0. The average Bonchev–Trinajstić information content (AvgIpc) is 2.99. The molecule has 2 aliphatic heterocycles. The zero-order chi connectivity index (χ0) is 19.4. The van der Waals surface area contributed by atoms with Gasteiger partial charge in [0, 0.05) is 45.1 Å². The standard InChI is InChI=1S/C19H24N4O4/c1-13-4-2-9-20-18(13)21-19(27)14-5-3-10-22(12-14)15(24)8-11-23-16(25)6-7-17(23)26/h2,4,9,14H,3,5-8,10-12H2,1H3,(H,20,21,27). The minimum Gasteiger partial charge on any atom is -0.342 e. The number of hydrogen-bond donors (Lipinski definition) is 1. The number of aryl methyl sites for hydroxylation is 1. The number of carbonyl (C=O) groups is 4. The van der Waals surface area contributed by atoms with Gasteiger partial charge in [0.15, 0.2) is 0 Å². The Morgan fingerprint density at radius 3 is 2.70 bits per heavy atom.